The van der Waals surface area contributed by atoms with Crippen molar-refractivity contribution < 1.29 is 9.53 Å². The number of carbonyl (C=O) groups excluding carboxylic acids is 1. The molecule has 0 saturated heterocycles. The SMILES string of the molecule is Cc1cc(=O)[nH]c(-c2cccc(NC(=O)C(C)Oc3cccc(Cl)c3)c2)n1. The van der Waals surface area contributed by atoms with E-state index in [0.29, 0.717) is 33.5 Å². The van der Waals surface area contributed by atoms with Gasteiger partial charge in [0.2, 0.25) is 0 Å². The molecule has 0 fully saturated rings. The Morgan fingerprint density at radius 1 is 1.19 bits per heavy atom. The highest BCUT2D eigenvalue weighted by Crippen LogP contribution is 2.21. The number of rotatable bonds is 5. The predicted octanol–water partition coefficient (Wildman–Crippen LogP) is 3.80. The Kier molecular flexibility index (Phi) is 5.57. The molecule has 1 atom stereocenters. The third-order valence-corrected chi connectivity index (χ3v) is 3.99. The van der Waals surface area contributed by atoms with Gasteiger partial charge in [-0.2, -0.15) is 0 Å². The van der Waals surface area contributed by atoms with Crippen LogP contribution >= 0.6 is 11.6 Å². The number of halogens is 1. The van der Waals surface area contributed by atoms with Gasteiger partial charge in [0.1, 0.15) is 11.6 Å². The van der Waals surface area contributed by atoms with Gasteiger partial charge in [-0.3, -0.25) is 9.59 Å². The molecular formula is C20H18ClN3O3. The number of anilines is 1. The van der Waals surface area contributed by atoms with Gasteiger partial charge in [-0.25, -0.2) is 4.98 Å². The normalized spacial score (nSPS) is 11.7. The molecule has 2 N–H and O–H groups in total. The van der Waals surface area contributed by atoms with Crippen molar-refractivity contribution in [3.05, 3.63) is 75.7 Å². The lowest BCUT2D eigenvalue weighted by Crippen LogP contribution is -2.30. The number of aromatic amines is 1. The summed E-state index contributed by atoms with van der Waals surface area (Å²) in [5, 5.41) is 3.33. The van der Waals surface area contributed by atoms with Crippen LogP contribution in [-0.2, 0) is 4.79 Å². The molecule has 3 aromatic rings. The molecule has 1 unspecified atom stereocenters. The molecule has 0 spiro atoms. The summed E-state index contributed by atoms with van der Waals surface area (Å²) in [6, 6.07) is 15.3. The molecule has 7 heteroatoms. The van der Waals surface area contributed by atoms with Crippen LogP contribution in [0.15, 0.2) is 59.4 Å². The molecule has 0 aliphatic heterocycles. The molecule has 138 valence electrons. The largest absolute Gasteiger partial charge is 0.481 e. The van der Waals surface area contributed by atoms with E-state index in [1.165, 1.54) is 6.07 Å². The van der Waals surface area contributed by atoms with Crippen LogP contribution in [0.3, 0.4) is 0 Å². The second-order valence-corrected chi connectivity index (χ2v) is 6.46. The summed E-state index contributed by atoms with van der Waals surface area (Å²) < 4.78 is 5.62. The molecule has 1 aromatic heterocycles. The molecule has 0 saturated carbocycles. The van der Waals surface area contributed by atoms with E-state index >= 15 is 0 Å². The minimum atomic E-state index is -0.718. The van der Waals surface area contributed by atoms with Crippen LogP contribution in [0.25, 0.3) is 11.4 Å². The second-order valence-electron chi connectivity index (χ2n) is 6.02. The Morgan fingerprint density at radius 3 is 2.70 bits per heavy atom. The molecule has 2 aromatic carbocycles. The van der Waals surface area contributed by atoms with Gasteiger partial charge in [0.15, 0.2) is 6.10 Å². The van der Waals surface area contributed by atoms with E-state index in [0.717, 1.165) is 0 Å². The van der Waals surface area contributed by atoms with Gasteiger partial charge in [0.05, 0.1) is 0 Å². The van der Waals surface area contributed by atoms with Crippen molar-refractivity contribution in [2.45, 2.75) is 20.0 Å². The first-order valence-corrected chi connectivity index (χ1v) is 8.70. The van der Waals surface area contributed by atoms with E-state index in [4.69, 9.17) is 16.3 Å². The van der Waals surface area contributed by atoms with Crippen LogP contribution in [0.4, 0.5) is 5.69 Å². The topological polar surface area (TPSA) is 84.1 Å². The molecule has 1 amide bonds. The van der Waals surface area contributed by atoms with E-state index in [9.17, 15) is 9.59 Å². The van der Waals surface area contributed by atoms with Gasteiger partial charge in [-0.1, -0.05) is 29.8 Å². The van der Waals surface area contributed by atoms with Crippen LogP contribution in [0.1, 0.15) is 12.6 Å². The van der Waals surface area contributed by atoms with Crippen LogP contribution in [0, 0.1) is 6.92 Å². The maximum atomic E-state index is 12.4. The van der Waals surface area contributed by atoms with E-state index in [2.05, 4.69) is 15.3 Å². The fourth-order valence-corrected chi connectivity index (χ4v) is 2.68. The Balaban J connectivity index is 1.73. The number of amides is 1. The van der Waals surface area contributed by atoms with Crippen molar-refractivity contribution in [3.8, 4) is 17.1 Å². The summed E-state index contributed by atoms with van der Waals surface area (Å²) >= 11 is 5.92. The molecule has 1 heterocycles. The van der Waals surface area contributed by atoms with E-state index in [1.807, 2.05) is 0 Å². The predicted molar refractivity (Wildman–Crippen MR) is 105 cm³/mol. The second kappa shape index (κ2) is 8.05. The zero-order chi connectivity index (χ0) is 19.4. The lowest BCUT2D eigenvalue weighted by molar-refractivity contribution is -0.122. The third kappa shape index (κ3) is 4.95. The summed E-state index contributed by atoms with van der Waals surface area (Å²) in [5.41, 5.74) is 1.66. The molecule has 0 aliphatic carbocycles. The van der Waals surface area contributed by atoms with Crippen molar-refractivity contribution in [2.24, 2.45) is 0 Å². The average Bonchev–Trinajstić information content (AvgIpc) is 2.61. The van der Waals surface area contributed by atoms with Crippen LogP contribution in [0.2, 0.25) is 5.02 Å². The standard InChI is InChI=1S/C20H18ClN3O3/c1-12-9-18(25)24-19(22-12)14-5-3-7-16(10-14)23-20(26)13(2)27-17-8-4-6-15(21)11-17/h3-11,13H,1-2H3,(H,23,26)(H,22,24,25). The Bertz CT molecular complexity index is 1030. The summed E-state index contributed by atoms with van der Waals surface area (Å²) in [4.78, 5) is 31.1. The highest BCUT2D eigenvalue weighted by molar-refractivity contribution is 6.30. The van der Waals surface area contributed by atoms with Gasteiger partial charge in [-0.05, 0) is 44.2 Å². The van der Waals surface area contributed by atoms with Crippen LogP contribution < -0.4 is 15.6 Å². The summed E-state index contributed by atoms with van der Waals surface area (Å²) in [7, 11) is 0. The number of aromatic nitrogens is 2. The highest BCUT2D eigenvalue weighted by atomic mass is 35.5. The minimum Gasteiger partial charge on any atom is -0.481 e. The molecule has 6 nitrogen and oxygen atoms in total. The molecular weight excluding hydrogens is 366 g/mol. The number of hydrogen-bond acceptors (Lipinski definition) is 4. The fourth-order valence-electron chi connectivity index (χ4n) is 2.50. The zero-order valence-corrected chi connectivity index (χ0v) is 15.6. The van der Waals surface area contributed by atoms with Crippen LogP contribution in [0.5, 0.6) is 5.75 Å². The van der Waals surface area contributed by atoms with Crippen molar-refractivity contribution in [3.63, 3.8) is 0 Å². The third-order valence-electron chi connectivity index (χ3n) is 3.75. The van der Waals surface area contributed by atoms with E-state index < -0.39 is 6.10 Å². The highest BCUT2D eigenvalue weighted by Gasteiger charge is 2.15. The number of nitrogens with zero attached hydrogens (tertiary/aromatic N) is 1. The smallest absolute Gasteiger partial charge is 0.265 e. The quantitative estimate of drug-likeness (QED) is 0.701. The first-order valence-electron chi connectivity index (χ1n) is 8.32. The number of benzene rings is 2. The number of carbonyl (C=O) groups is 1. The van der Waals surface area contributed by atoms with Gasteiger partial charge in [-0.15, -0.1) is 0 Å². The first-order chi connectivity index (χ1) is 12.9. The van der Waals surface area contributed by atoms with Gasteiger partial charge >= 0.3 is 0 Å². The van der Waals surface area contributed by atoms with Gasteiger partial charge in [0, 0.05) is 28.0 Å². The molecule has 0 aliphatic rings. The summed E-state index contributed by atoms with van der Waals surface area (Å²) in [5.74, 6) is 0.651. The van der Waals surface area contributed by atoms with Gasteiger partial charge < -0.3 is 15.0 Å². The fraction of sp³-hybridized carbons (Fsp3) is 0.150. The number of ether oxygens (including phenoxy) is 1. The van der Waals surface area contributed by atoms with E-state index in [-0.39, 0.29) is 11.5 Å². The van der Waals surface area contributed by atoms with Crippen LogP contribution in [-0.4, -0.2) is 22.0 Å². The number of nitrogens with one attached hydrogen (secondary N) is 2. The molecule has 27 heavy (non-hydrogen) atoms. The number of H-pyrrole nitrogens is 1. The Labute approximate surface area is 161 Å². The number of aryl methyl sites for hydroxylation is 1. The van der Waals surface area contributed by atoms with Crippen molar-refractivity contribution in [2.75, 3.05) is 5.32 Å². The van der Waals surface area contributed by atoms with Crippen molar-refractivity contribution in [1.82, 2.24) is 9.97 Å². The lowest BCUT2D eigenvalue weighted by Gasteiger charge is -2.15. The Hall–Kier alpha value is -3.12. The lowest BCUT2D eigenvalue weighted by atomic mass is 10.1. The first kappa shape index (κ1) is 18.7. The molecule has 3 rings (SSSR count). The zero-order valence-electron chi connectivity index (χ0n) is 14.8. The van der Waals surface area contributed by atoms with E-state index in [1.54, 1.807) is 62.4 Å². The summed E-state index contributed by atoms with van der Waals surface area (Å²) in [6.07, 6.45) is -0.718. The average molecular weight is 384 g/mol. The van der Waals surface area contributed by atoms with Crippen molar-refractivity contribution in [1.29, 1.82) is 0 Å². The molecule has 0 bridgehead atoms. The summed E-state index contributed by atoms with van der Waals surface area (Å²) in [6.45, 7) is 3.40. The monoisotopic (exact) mass is 383 g/mol. The maximum Gasteiger partial charge on any atom is 0.265 e. The molecule has 0 radical (unpaired) electrons. The maximum absolute atomic E-state index is 12.4. The van der Waals surface area contributed by atoms with Crippen molar-refractivity contribution >= 4 is 23.2 Å². The number of hydrogen-bond donors (Lipinski definition) is 2. The minimum absolute atomic E-state index is 0.226. The Morgan fingerprint density at radius 2 is 1.96 bits per heavy atom. The van der Waals surface area contributed by atoms with Gasteiger partial charge in [0.25, 0.3) is 11.5 Å².